The number of aromatic nitrogens is 4. The van der Waals surface area contributed by atoms with E-state index in [9.17, 15) is 4.79 Å². The number of thioether (sulfide) groups is 2. The number of ether oxygens (including phenoxy) is 2. The Labute approximate surface area is 169 Å². The maximum atomic E-state index is 11.5. The summed E-state index contributed by atoms with van der Waals surface area (Å²) in [6.07, 6.45) is 3.04. The van der Waals surface area contributed by atoms with Crippen LogP contribution in [0, 0.1) is 5.92 Å². The molecule has 4 rings (SSSR count). The maximum absolute atomic E-state index is 11.5. The van der Waals surface area contributed by atoms with Gasteiger partial charge in [0.05, 0.1) is 31.0 Å². The molecular weight excluding hydrogens is 404 g/mol. The predicted octanol–water partition coefficient (Wildman–Crippen LogP) is 3.42. The van der Waals surface area contributed by atoms with Crippen molar-refractivity contribution >= 4 is 56.7 Å². The van der Waals surface area contributed by atoms with Crippen molar-refractivity contribution in [1.82, 2.24) is 19.6 Å². The van der Waals surface area contributed by atoms with Crippen LogP contribution in [0.5, 0.6) is 0 Å². The van der Waals surface area contributed by atoms with Gasteiger partial charge < -0.3 is 9.47 Å². The lowest BCUT2D eigenvalue weighted by Gasteiger charge is -2.26. The van der Waals surface area contributed by atoms with Crippen molar-refractivity contribution in [3.05, 3.63) is 10.4 Å². The summed E-state index contributed by atoms with van der Waals surface area (Å²) in [5.74, 6) is 0.349. The molecule has 27 heavy (non-hydrogen) atoms. The van der Waals surface area contributed by atoms with Crippen molar-refractivity contribution in [2.75, 3.05) is 19.1 Å². The monoisotopic (exact) mass is 424 g/mol. The van der Waals surface area contributed by atoms with Crippen LogP contribution < -0.4 is 0 Å². The fraction of sp³-hybridized carbons (Fsp3) is 0.529. The van der Waals surface area contributed by atoms with Crippen LogP contribution in [0.15, 0.2) is 10.3 Å². The molecule has 0 radical (unpaired) electrons. The zero-order valence-corrected chi connectivity index (χ0v) is 18.0. The van der Waals surface area contributed by atoms with Crippen molar-refractivity contribution in [2.45, 2.75) is 43.3 Å². The second-order valence-electron chi connectivity index (χ2n) is 6.59. The Hall–Kier alpha value is -1.36. The molecule has 0 spiro atoms. The largest absolute Gasteiger partial charge is 0.468 e. The molecule has 0 unspecified atom stereocenters. The van der Waals surface area contributed by atoms with Crippen LogP contribution in [-0.2, 0) is 27.3 Å². The Balaban J connectivity index is 1.86. The topological polar surface area (TPSA) is 78.6 Å². The van der Waals surface area contributed by atoms with Crippen molar-refractivity contribution in [2.24, 2.45) is 5.92 Å². The number of hydrogen-bond acceptors (Lipinski definition) is 9. The Bertz CT molecular complexity index is 1010. The van der Waals surface area contributed by atoms with Crippen LogP contribution >= 0.6 is 34.9 Å². The normalized spacial score (nSPS) is 17.0. The van der Waals surface area contributed by atoms with Gasteiger partial charge in [0.25, 0.3) is 0 Å². The SMILES string of the molecule is COC(=O)CSc1nnc2c3c4c(sc3nc(SC)n12)CO[C@H](C(C)C)C4. The average Bonchev–Trinajstić information content (AvgIpc) is 3.25. The number of rotatable bonds is 5. The average molecular weight is 425 g/mol. The van der Waals surface area contributed by atoms with E-state index >= 15 is 0 Å². The number of esters is 1. The van der Waals surface area contributed by atoms with E-state index in [0.29, 0.717) is 17.7 Å². The number of methoxy groups -OCH3 is 1. The summed E-state index contributed by atoms with van der Waals surface area (Å²) in [5.41, 5.74) is 2.08. The number of hydrogen-bond donors (Lipinski definition) is 0. The fourth-order valence-electron chi connectivity index (χ4n) is 3.16. The van der Waals surface area contributed by atoms with Gasteiger partial charge in [0, 0.05) is 11.3 Å². The van der Waals surface area contributed by atoms with E-state index in [0.717, 1.165) is 27.4 Å². The van der Waals surface area contributed by atoms with Gasteiger partial charge in [-0.25, -0.2) is 9.38 Å². The summed E-state index contributed by atoms with van der Waals surface area (Å²) in [7, 11) is 1.38. The quantitative estimate of drug-likeness (QED) is 0.350. The van der Waals surface area contributed by atoms with Crippen molar-refractivity contribution in [1.29, 1.82) is 0 Å². The van der Waals surface area contributed by atoms with E-state index < -0.39 is 0 Å². The number of thiophene rings is 1. The van der Waals surface area contributed by atoms with Crippen LogP contribution in [0.3, 0.4) is 0 Å². The van der Waals surface area contributed by atoms with Gasteiger partial charge in [0.1, 0.15) is 4.83 Å². The highest BCUT2D eigenvalue weighted by Gasteiger charge is 2.29. The molecule has 0 saturated carbocycles. The maximum Gasteiger partial charge on any atom is 0.316 e. The smallest absolute Gasteiger partial charge is 0.316 e. The van der Waals surface area contributed by atoms with E-state index in [1.807, 2.05) is 10.7 Å². The molecular formula is C17H20N4O3S3. The summed E-state index contributed by atoms with van der Waals surface area (Å²) >= 11 is 4.53. The first-order valence-corrected chi connectivity index (χ1v) is 11.6. The Morgan fingerprint density at radius 3 is 2.93 bits per heavy atom. The Morgan fingerprint density at radius 1 is 1.41 bits per heavy atom. The lowest BCUT2D eigenvalue weighted by atomic mass is 9.96. The van der Waals surface area contributed by atoms with E-state index in [2.05, 4.69) is 24.0 Å². The van der Waals surface area contributed by atoms with Gasteiger partial charge in [-0.2, -0.15) is 0 Å². The highest BCUT2D eigenvalue weighted by atomic mass is 32.2. The lowest BCUT2D eigenvalue weighted by molar-refractivity contribution is -0.137. The van der Waals surface area contributed by atoms with Gasteiger partial charge in [-0.1, -0.05) is 37.4 Å². The molecule has 0 bridgehead atoms. The van der Waals surface area contributed by atoms with Crippen LogP contribution in [0.25, 0.3) is 15.9 Å². The Morgan fingerprint density at radius 2 is 2.22 bits per heavy atom. The first kappa shape index (κ1) is 19.0. The third-order valence-electron chi connectivity index (χ3n) is 4.62. The van der Waals surface area contributed by atoms with Crippen molar-refractivity contribution < 1.29 is 14.3 Å². The standard InChI is InChI=1S/C17H20N4O3S3/c1-8(2)10-5-9-11(6-24-10)27-15-13(9)14-19-20-17(26-7-12(22)23-3)21(14)16(18-15)25-4/h8,10H,5-7H2,1-4H3/t10-/m0/s1. The van der Waals surface area contributed by atoms with Gasteiger partial charge >= 0.3 is 5.97 Å². The zero-order chi connectivity index (χ0) is 19.1. The van der Waals surface area contributed by atoms with Gasteiger partial charge in [0.2, 0.25) is 0 Å². The summed E-state index contributed by atoms with van der Waals surface area (Å²) in [6.45, 7) is 4.99. The van der Waals surface area contributed by atoms with E-state index in [1.54, 1.807) is 23.1 Å². The summed E-state index contributed by atoms with van der Waals surface area (Å²) in [6, 6.07) is 0. The summed E-state index contributed by atoms with van der Waals surface area (Å²) in [4.78, 5) is 18.6. The number of carbonyl (C=O) groups is 1. The zero-order valence-electron chi connectivity index (χ0n) is 15.5. The molecule has 0 amide bonds. The third kappa shape index (κ3) is 3.32. The summed E-state index contributed by atoms with van der Waals surface area (Å²) < 4.78 is 12.7. The molecule has 0 aliphatic carbocycles. The summed E-state index contributed by atoms with van der Waals surface area (Å²) in [5, 5.41) is 11.3. The van der Waals surface area contributed by atoms with E-state index in [4.69, 9.17) is 14.5 Å². The van der Waals surface area contributed by atoms with Crippen molar-refractivity contribution in [3.63, 3.8) is 0 Å². The van der Waals surface area contributed by atoms with Gasteiger partial charge in [-0.05, 0) is 17.7 Å². The molecule has 0 N–H and O–H groups in total. The minimum absolute atomic E-state index is 0.189. The lowest BCUT2D eigenvalue weighted by Crippen LogP contribution is -2.26. The van der Waals surface area contributed by atoms with Crippen LogP contribution in [0.2, 0.25) is 0 Å². The number of carbonyl (C=O) groups excluding carboxylic acids is 1. The second-order valence-corrected chi connectivity index (χ2v) is 9.39. The second kappa shape index (κ2) is 7.57. The molecule has 3 aromatic rings. The number of fused-ring (bicyclic) bond motifs is 5. The van der Waals surface area contributed by atoms with E-state index in [-0.39, 0.29) is 17.8 Å². The molecule has 4 heterocycles. The third-order valence-corrected chi connectivity index (χ3v) is 7.27. The van der Waals surface area contributed by atoms with Crippen molar-refractivity contribution in [3.8, 4) is 0 Å². The molecule has 144 valence electrons. The Kier molecular flexibility index (Phi) is 5.32. The fourth-order valence-corrected chi connectivity index (χ4v) is 5.70. The number of nitrogens with zero attached hydrogens (tertiary/aromatic N) is 4. The minimum atomic E-state index is -0.290. The molecule has 0 aromatic carbocycles. The first-order valence-electron chi connectivity index (χ1n) is 8.58. The molecule has 1 aliphatic rings. The van der Waals surface area contributed by atoms with Crippen LogP contribution in [0.1, 0.15) is 24.3 Å². The predicted molar refractivity (Wildman–Crippen MR) is 108 cm³/mol. The molecule has 10 heteroatoms. The van der Waals surface area contributed by atoms with Gasteiger partial charge in [-0.3, -0.25) is 4.79 Å². The first-order chi connectivity index (χ1) is 13.0. The van der Waals surface area contributed by atoms with Gasteiger partial charge in [-0.15, -0.1) is 21.5 Å². The molecule has 1 atom stereocenters. The van der Waals surface area contributed by atoms with Crippen LogP contribution in [-0.4, -0.2) is 50.8 Å². The van der Waals surface area contributed by atoms with Gasteiger partial charge in [0.15, 0.2) is 16.0 Å². The van der Waals surface area contributed by atoms with Crippen LogP contribution in [0.4, 0.5) is 0 Å². The minimum Gasteiger partial charge on any atom is -0.468 e. The molecule has 7 nitrogen and oxygen atoms in total. The highest BCUT2D eigenvalue weighted by molar-refractivity contribution is 8.00. The molecule has 0 fully saturated rings. The van der Waals surface area contributed by atoms with E-state index in [1.165, 1.54) is 29.3 Å². The molecule has 3 aromatic heterocycles. The molecule has 1 aliphatic heterocycles. The molecule has 0 saturated heterocycles. The highest BCUT2D eigenvalue weighted by Crippen LogP contribution is 2.40.